The normalized spacial score (nSPS) is 15.1. The molecule has 0 spiro atoms. The molecular weight excluding hydrogens is 401 g/mol. The van der Waals surface area contributed by atoms with E-state index in [4.69, 9.17) is 0 Å². The highest BCUT2D eigenvalue weighted by Crippen LogP contribution is 2.20. The molecule has 158 valence electrons. The van der Waals surface area contributed by atoms with E-state index < -0.39 is 0 Å². The van der Waals surface area contributed by atoms with Crippen LogP contribution in [0.3, 0.4) is 0 Å². The van der Waals surface area contributed by atoms with Crippen molar-refractivity contribution in [3.63, 3.8) is 0 Å². The van der Waals surface area contributed by atoms with Crippen molar-refractivity contribution >= 4 is 33.0 Å². The van der Waals surface area contributed by atoms with Crippen molar-refractivity contribution in [1.29, 1.82) is 0 Å². The summed E-state index contributed by atoms with van der Waals surface area (Å²) < 4.78 is 15.8. The summed E-state index contributed by atoms with van der Waals surface area (Å²) in [5.74, 6) is -0.182. The van der Waals surface area contributed by atoms with Crippen molar-refractivity contribution in [1.82, 2.24) is 9.47 Å². The molecule has 30 heavy (non-hydrogen) atoms. The third-order valence-electron chi connectivity index (χ3n) is 5.74. The van der Waals surface area contributed by atoms with E-state index >= 15 is 0 Å². The quantitative estimate of drug-likeness (QED) is 0.422. The maximum atomic E-state index is 13.1. The number of unbranched alkanes of at least 4 members (excludes halogenated alkanes) is 1. The fourth-order valence-corrected chi connectivity index (χ4v) is 4.94. The van der Waals surface area contributed by atoms with E-state index in [0.29, 0.717) is 12.1 Å². The van der Waals surface area contributed by atoms with Gasteiger partial charge in [-0.05, 0) is 68.8 Å². The molecule has 1 aromatic heterocycles. The molecule has 0 atom stereocenters. The number of aromatic nitrogens is 1. The van der Waals surface area contributed by atoms with Crippen LogP contribution in [0.5, 0.6) is 0 Å². The summed E-state index contributed by atoms with van der Waals surface area (Å²) in [6, 6.07) is 12.2. The van der Waals surface area contributed by atoms with E-state index in [1.54, 1.807) is 13.0 Å². The Balaban J connectivity index is 1.26. The van der Waals surface area contributed by atoms with Gasteiger partial charge in [0.1, 0.15) is 5.82 Å². The standard InChI is InChI=1S/C23H26FN3O2S/c1-17(28)18-4-9-21-22(16-18)30-23(29)27(21)11-3-2-10-25-12-14-26(15-13-25)20-7-5-19(24)6-8-20/h4-9,16H,2-3,10-15H2,1H3. The predicted octanol–water partition coefficient (Wildman–Crippen LogP) is 4.01. The second-order valence-electron chi connectivity index (χ2n) is 7.77. The number of fused-ring (bicyclic) bond motifs is 1. The molecule has 0 N–H and O–H groups in total. The van der Waals surface area contributed by atoms with Gasteiger partial charge in [0.25, 0.3) is 0 Å². The summed E-state index contributed by atoms with van der Waals surface area (Å²) >= 11 is 1.21. The number of carbonyl (C=O) groups excluding carboxylic acids is 1. The number of ketones is 1. The summed E-state index contributed by atoms with van der Waals surface area (Å²) in [7, 11) is 0. The smallest absolute Gasteiger partial charge is 0.308 e. The SMILES string of the molecule is CC(=O)c1ccc2c(c1)sc(=O)n2CCCCN1CCN(c2ccc(F)cc2)CC1. The number of halogens is 1. The van der Waals surface area contributed by atoms with Crippen molar-refractivity contribution in [3.05, 3.63) is 63.5 Å². The van der Waals surface area contributed by atoms with Crippen LogP contribution >= 0.6 is 11.3 Å². The molecule has 1 saturated heterocycles. The highest BCUT2D eigenvalue weighted by molar-refractivity contribution is 7.16. The van der Waals surface area contributed by atoms with Gasteiger partial charge in [0.2, 0.25) is 0 Å². The number of anilines is 1. The molecule has 2 aromatic carbocycles. The Bertz CT molecular complexity index is 1080. The molecule has 5 nitrogen and oxygen atoms in total. The first-order chi connectivity index (χ1) is 14.5. The lowest BCUT2D eigenvalue weighted by Gasteiger charge is -2.36. The molecule has 0 bridgehead atoms. The minimum atomic E-state index is -0.200. The summed E-state index contributed by atoms with van der Waals surface area (Å²) in [4.78, 5) is 28.7. The zero-order valence-electron chi connectivity index (χ0n) is 17.1. The Morgan fingerprint density at radius 2 is 1.70 bits per heavy atom. The Kier molecular flexibility index (Phi) is 6.29. The van der Waals surface area contributed by atoms with Gasteiger partial charge in [-0.25, -0.2) is 4.39 Å². The van der Waals surface area contributed by atoms with Gasteiger partial charge in [-0.15, -0.1) is 0 Å². The van der Waals surface area contributed by atoms with Crippen molar-refractivity contribution in [2.24, 2.45) is 0 Å². The molecule has 0 unspecified atom stereocenters. The monoisotopic (exact) mass is 427 g/mol. The van der Waals surface area contributed by atoms with Crippen LogP contribution in [0.4, 0.5) is 10.1 Å². The van der Waals surface area contributed by atoms with Gasteiger partial charge in [0.05, 0.1) is 10.2 Å². The largest absolute Gasteiger partial charge is 0.369 e. The second-order valence-corrected chi connectivity index (χ2v) is 8.76. The first kappa shape index (κ1) is 20.8. The predicted molar refractivity (Wildman–Crippen MR) is 120 cm³/mol. The Hall–Kier alpha value is -2.51. The van der Waals surface area contributed by atoms with Crippen LogP contribution in [0.25, 0.3) is 10.2 Å². The van der Waals surface area contributed by atoms with Crippen LogP contribution < -0.4 is 9.77 Å². The van der Waals surface area contributed by atoms with Crippen LogP contribution in [-0.2, 0) is 6.54 Å². The Morgan fingerprint density at radius 3 is 2.40 bits per heavy atom. The highest BCUT2D eigenvalue weighted by atomic mass is 32.1. The lowest BCUT2D eigenvalue weighted by atomic mass is 10.1. The van der Waals surface area contributed by atoms with Gasteiger partial charge in [0, 0.05) is 44.0 Å². The van der Waals surface area contributed by atoms with E-state index in [9.17, 15) is 14.0 Å². The molecule has 7 heteroatoms. The summed E-state index contributed by atoms with van der Waals surface area (Å²) in [5, 5.41) is 0. The van der Waals surface area contributed by atoms with Gasteiger partial charge < -0.3 is 4.90 Å². The van der Waals surface area contributed by atoms with E-state index in [0.717, 1.165) is 61.5 Å². The number of nitrogens with zero attached hydrogens (tertiary/aromatic N) is 3. The molecule has 0 aliphatic carbocycles. The van der Waals surface area contributed by atoms with Crippen LogP contribution in [0, 0.1) is 5.82 Å². The Morgan fingerprint density at radius 1 is 1.00 bits per heavy atom. The lowest BCUT2D eigenvalue weighted by Crippen LogP contribution is -2.46. The lowest BCUT2D eigenvalue weighted by molar-refractivity contribution is 0.101. The minimum absolute atomic E-state index is 0.0174. The van der Waals surface area contributed by atoms with Crippen molar-refractivity contribution < 1.29 is 9.18 Å². The van der Waals surface area contributed by atoms with E-state index in [-0.39, 0.29) is 16.5 Å². The minimum Gasteiger partial charge on any atom is -0.369 e. The number of Topliss-reactive ketones (excluding diaryl/α,β-unsaturated/α-hetero) is 1. The van der Waals surface area contributed by atoms with Gasteiger partial charge in [-0.2, -0.15) is 0 Å². The summed E-state index contributed by atoms with van der Waals surface area (Å²) in [6.45, 7) is 7.13. The molecule has 3 aromatic rings. The topological polar surface area (TPSA) is 45.6 Å². The van der Waals surface area contributed by atoms with Gasteiger partial charge >= 0.3 is 4.87 Å². The highest BCUT2D eigenvalue weighted by Gasteiger charge is 2.17. The molecule has 0 radical (unpaired) electrons. The molecule has 2 heterocycles. The maximum absolute atomic E-state index is 13.1. The fourth-order valence-electron chi connectivity index (χ4n) is 3.98. The van der Waals surface area contributed by atoms with Crippen molar-refractivity contribution in [3.8, 4) is 0 Å². The van der Waals surface area contributed by atoms with Crippen molar-refractivity contribution in [2.45, 2.75) is 26.3 Å². The molecular formula is C23H26FN3O2S. The second kappa shape index (κ2) is 9.10. The number of thiazole rings is 1. The number of hydrogen-bond acceptors (Lipinski definition) is 5. The number of hydrogen-bond donors (Lipinski definition) is 0. The fraction of sp³-hybridized carbons (Fsp3) is 0.391. The maximum Gasteiger partial charge on any atom is 0.308 e. The zero-order chi connectivity index (χ0) is 21.1. The number of carbonyl (C=O) groups is 1. The third-order valence-corrected chi connectivity index (χ3v) is 6.69. The van der Waals surface area contributed by atoms with Gasteiger partial charge in [0.15, 0.2) is 5.78 Å². The van der Waals surface area contributed by atoms with Crippen LogP contribution in [0.1, 0.15) is 30.1 Å². The molecule has 4 rings (SSSR count). The summed E-state index contributed by atoms with van der Waals surface area (Å²) in [5.41, 5.74) is 2.64. The third kappa shape index (κ3) is 4.63. The summed E-state index contributed by atoms with van der Waals surface area (Å²) in [6.07, 6.45) is 1.98. The van der Waals surface area contributed by atoms with E-state index in [1.807, 2.05) is 28.8 Å². The molecule has 1 aliphatic heterocycles. The van der Waals surface area contributed by atoms with Gasteiger partial charge in [-0.1, -0.05) is 11.3 Å². The number of aryl methyl sites for hydroxylation is 1. The van der Waals surface area contributed by atoms with Crippen LogP contribution in [0.15, 0.2) is 47.3 Å². The molecule has 1 fully saturated rings. The van der Waals surface area contributed by atoms with E-state index in [1.165, 1.54) is 23.5 Å². The van der Waals surface area contributed by atoms with Crippen LogP contribution in [-0.4, -0.2) is 48.0 Å². The average Bonchev–Trinajstić information content (AvgIpc) is 3.06. The van der Waals surface area contributed by atoms with Crippen molar-refractivity contribution in [2.75, 3.05) is 37.6 Å². The molecule has 0 saturated carbocycles. The molecule has 0 amide bonds. The number of benzene rings is 2. The number of rotatable bonds is 7. The average molecular weight is 428 g/mol. The van der Waals surface area contributed by atoms with Gasteiger partial charge in [-0.3, -0.25) is 19.1 Å². The van der Waals surface area contributed by atoms with E-state index in [2.05, 4.69) is 9.80 Å². The first-order valence-electron chi connectivity index (χ1n) is 10.4. The zero-order valence-corrected chi connectivity index (χ0v) is 18.0. The first-order valence-corrected chi connectivity index (χ1v) is 11.2. The number of piperazine rings is 1. The Labute approximate surface area is 179 Å². The molecule has 1 aliphatic rings. The van der Waals surface area contributed by atoms with Crippen LogP contribution in [0.2, 0.25) is 0 Å².